The molecule has 10 nitrogen and oxygen atoms in total. The molecular weight excluding hydrogens is 546 g/mol. The van der Waals surface area contributed by atoms with Gasteiger partial charge in [-0.1, -0.05) is 23.7 Å². The molecule has 0 bridgehead atoms. The smallest absolute Gasteiger partial charge is 0.409 e. The summed E-state index contributed by atoms with van der Waals surface area (Å²) in [5.74, 6) is 0.360. The predicted octanol–water partition coefficient (Wildman–Crippen LogP) is 5.15. The van der Waals surface area contributed by atoms with Crippen LogP contribution in [0.1, 0.15) is 52.6 Å². The van der Waals surface area contributed by atoms with Crippen LogP contribution in [0.15, 0.2) is 42.6 Å². The van der Waals surface area contributed by atoms with E-state index in [1.54, 1.807) is 53.6 Å². The van der Waals surface area contributed by atoms with Crippen molar-refractivity contribution in [2.24, 2.45) is 0 Å². The molecule has 41 heavy (non-hydrogen) atoms. The lowest BCUT2D eigenvalue weighted by atomic mass is 10.1. The molecule has 218 valence electrons. The zero-order valence-corrected chi connectivity index (χ0v) is 24.8. The van der Waals surface area contributed by atoms with Crippen molar-refractivity contribution in [1.82, 2.24) is 19.6 Å². The van der Waals surface area contributed by atoms with Gasteiger partial charge >= 0.3 is 6.09 Å². The number of hydrogen-bond acceptors (Lipinski definition) is 6. The van der Waals surface area contributed by atoms with E-state index in [-0.39, 0.29) is 17.9 Å². The van der Waals surface area contributed by atoms with E-state index in [4.69, 9.17) is 21.1 Å². The third-order valence-electron chi connectivity index (χ3n) is 7.07. The largest absolute Gasteiger partial charge is 0.489 e. The van der Waals surface area contributed by atoms with E-state index in [9.17, 15) is 14.4 Å². The van der Waals surface area contributed by atoms with Crippen LogP contribution in [-0.4, -0.2) is 70.3 Å². The van der Waals surface area contributed by atoms with Crippen molar-refractivity contribution in [3.63, 3.8) is 0 Å². The second kappa shape index (κ2) is 13.1. The first-order chi connectivity index (χ1) is 19.6. The first kappa shape index (κ1) is 29.9. The Morgan fingerprint density at radius 2 is 1.61 bits per heavy atom. The maximum absolute atomic E-state index is 13.1. The molecular formula is C30H36ClN5O5. The molecule has 0 spiro atoms. The van der Waals surface area contributed by atoms with Crippen molar-refractivity contribution in [2.75, 3.05) is 38.1 Å². The highest BCUT2D eigenvalue weighted by molar-refractivity contribution is 6.32. The minimum Gasteiger partial charge on any atom is -0.489 e. The molecule has 1 fully saturated rings. The van der Waals surface area contributed by atoms with Crippen LogP contribution in [0.2, 0.25) is 5.02 Å². The lowest BCUT2D eigenvalue weighted by Crippen LogP contribution is -2.52. The number of halogens is 1. The maximum atomic E-state index is 13.1. The first-order valence-corrected chi connectivity index (χ1v) is 14.0. The summed E-state index contributed by atoms with van der Waals surface area (Å²) in [7, 11) is 0. The van der Waals surface area contributed by atoms with Crippen LogP contribution in [0.3, 0.4) is 0 Å². The zero-order valence-electron chi connectivity index (χ0n) is 24.1. The molecule has 0 aliphatic carbocycles. The van der Waals surface area contributed by atoms with Gasteiger partial charge < -0.3 is 24.6 Å². The average molecular weight is 582 g/mol. The Kier molecular flexibility index (Phi) is 9.54. The fourth-order valence-electron chi connectivity index (χ4n) is 4.61. The second-order valence-corrected chi connectivity index (χ2v) is 10.5. The van der Waals surface area contributed by atoms with E-state index in [2.05, 4.69) is 10.4 Å². The van der Waals surface area contributed by atoms with Gasteiger partial charge in [-0.15, -0.1) is 0 Å². The van der Waals surface area contributed by atoms with E-state index in [1.165, 1.54) is 0 Å². The van der Waals surface area contributed by atoms with E-state index >= 15 is 0 Å². The number of nitrogens with zero attached hydrogens (tertiary/aromatic N) is 4. The van der Waals surface area contributed by atoms with Crippen molar-refractivity contribution in [2.45, 2.75) is 47.3 Å². The highest BCUT2D eigenvalue weighted by atomic mass is 35.5. The standard InChI is InChI=1S/C30H36ClN5O5/c1-6-40-30(39)35-13-11-34(12-14-35)29(38)22(5)36-17-26(21(4)33-36)32-28(37)24-9-7-23(8-10-24)18-41-25-15-19(2)27(31)20(3)16-25/h7-10,15-17,22H,6,11-14,18H2,1-5H3,(H,32,37). The highest BCUT2D eigenvalue weighted by Crippen LogP contribution is 2.26. The molecule has 0 radical (unpaired) electrons. The predicted molar refractivity (Wildman–Crippen MR) is 157 cm³/mol. The van der Waals surface area contributed by atoms with Gasteiger partial charge in [0.25, 0.3) is 5.91 Å². The Bertz CT molecular complexity index is 1390. The summed E-state index contributed by atoms with van der Waals surface area (Å²) in [6.07, 6.45) is 1.31. The number of aromatic nitrogens is 2. The highest BCUT2D eigenvalue weighted by Gasteiger charge is 2.29. The third kappa shape index (κ3) is 7.18. The molecule has 1 atom stereocenters. The summed E-state index contributed by atoms with van der Waals surface area (Å²) in [4.78, 5) is 41.3. The van der Waals surface area contributed by atoms with Crippen LogP contribution >= 0.6 is 11.6 Å². The maximum Gasteiger partial charge on any atom is 0.409 e. The van der Waals surface area contributed by atoms with Gasteiger partial charge in [0.1, 0.15) is 18.4 Å². The molecule has 2 heterocycles. The molecule has 3 amide bonds. The van der Waals surface area contributed by atoms with Crippen molar-refractivity contribution in [3.05, 3.63) is 75.6 Å². The van der Waals surface area contributed by atoms with Crippen LogP contribution < -0.4 is 10.1 Å². The summed E-state index contributed by atoms with van der Waals surface area (Å²) < 4.78 is 12.5. The minimum atomic E-state index is -0.569. The van der Waals surface area contributed by atoms with Crippen molar-refractivity contribution >= 4 is 35.2 Å². The van der Waals surface area contributed by atoms with Gasteiger partial charge in [-0.05, 0) is 75.6 Å². The summed E-state index contributed by atoms with van der Waals surface area (Å²) in [6, 6.07) is 10.4. The monoisotopic (exact) mass is 581 g/mol. The van der Waals surface area contributed by atoms with Gasteiger partial charge in [-0.2, -0.15) is 5.10 Å². The lowest BCUT2D eigenvalue weighted by molar-refractivity contribution is -0.136. The molecule has 1 N–H and O–H groups in total. The molecule has 1 aliphatic heterocycles. The van der Waals surface area contributed by atoms with Gasteiger partial charge in [0.2, 0.25) is 5.91 Å². The van der Waals surface area contributed by atoms with Gasteiger partial charge in [0, 0.05) is 43.0 Å². The Morgan fingerprint density at radius 3 is 2.22 bits per heavy atom. The summed E-state index contributed by atoms with van der Waals surface area (Å²) in [6.45, 7) is 11.6. The van der Waals surface area contributed by atoms with Gasteiger partial charge in [-0.25, -0.2) is 4.79 Å². The fourth-order valence-corrected chi connectivity index (χ4v) is 4.72. The summed E-state index contributed by atoms with van der Waals surface area (Å²) in [5, 5.41) is 8.10. The SMILES string of the molecule is CCOC(=O)N1CCN(C(=O)C(C)n2cc(NC(=O)c3ccc(COc4cc(C)c(Cl)c(C)c4)cc3)c(C)n2)CC1. The molecule has 3 aromatic rings. The molecule has 4 rings (SSSR count). The number of aryl methyl sites for hydroxylation is 3. The normalized spacial score (nSPS) is 14.0. The van der Waals surface area contributed by atoms with Crippen molar-refractivity contribution < 1.29 is 23.9 Å². The second-order valence-electron chi connectivity index (χ2n) is 10.1. The van der Waals surface area contributed by atoms with Crippen LogP contribution in [0.4, 0.5) is 10.5 Å². The van der Waals surface area contributed by atoms with Crippen molar-refractivity contribution in [1.29, 1.82) is 0 Å². The topological polar surface area (TPSA) is 106 Å². The Morgan fingerprint density at radius 1 is 1.00 bits per heavy atom. The Labute approximate surface area is 245 Å². The number of carbonyl (C=O) groups excluding carboxylic acids is 3. The molecule has 2 aromatic carbocycles. The Hall–Kier alpha value is -4.05. The van der Waals surface area contributed by atoms with E-state index < -0.39 is 6.04 Å². The van der Waals surface area contributed by atoms with E-state index in [1.807, 2.05) is 38.1 Å². The number of carbonyl (C=O) groups is 3. The van der Waals surface area contributed by atoms with Gasteiger partial charge in [0.05, 0.1) is 18.0 Å². The number of benzene rings is 2. The van der Waals surface area contributed by atoms with Gasteiger partial charge in [-0.3, -0.25) is 14.3 Å². The number of anilines is 1. The molecule has 1 unspecified atom stereocenters. The molecule has 1 saturated heterocycles. The molecule has 1 aliphatic rings. The lowest BCUT2D eigenvalue weighted by Gasteiger charge is -2.35. The van der Waals surface area contributed by atoms with E-state index in [0.717, 1.165) is 27.5 Å². The fraction of sp³-hybridized carbons (Fsp3) is 0.400. The molecule has 11 heteroatoms. The summed E-state index contributed by atoms with van der Waals surface area (Å²) in [5.41, 5.74) is 4.46. The Balaban J connectivity index is 1.32. The number of ether oxygens (including phenoxy) is 2. The van der Waals surface area contributed by atoms with Crippen LogP contribution in [-0.2, 0) is 16.1 Å². The number of rotatable bonds is 8. The minimum absolute atomic E-state index is 0.101. The average Bonchev–Trinajstić information content (AvgIpc) is 3.33. The molecule has 0 saturated carbocycles. The van der Waals surface area contributed by atoms with Crippen molar-refractivity contribution in [3.8, 4) is 5.75 Å². The van der Waals surface area contributed by atoms with Crippen LogP contribution in [0.5, 0.6) is 5.75 Å². The number of piperazine rings is 1. The van der Waals surface area contributed by atoms with Crippen LogP contribution in [0.25, 0.3) is 0 Å². The van der Waals surface area contributed by atoms with E-state index in [0.29, 0.717) is 56.3 Å². The first-order valence-electron chi connectivity index (χ1n) is 13.6. The van der Waals surface area contributed by atoms with Gasteiger partial charge in [0.15, 0.2) is 0 Å². The zero-order chi connectivity index (χ0) is 29.7. The van der Waals surface area contributed by atoms with Crippen LogP contribution in [0, 0.1) is 20.8 Å². The third-order valence-corrected chi connectivity index (χ3v) is 7.66. The number of nitrogens with one attached hydrogen (secondary N) is 1. The molecule has 1 aromatic heterocycles. The quantitative estimate of drug-likeness (QED) is 0.394. The number of amides is 3. The number of hydrogen-bond donors (Lipinski definition) is 1. The summed E-state index contributed by atoms with van der Waals surface area (Å²) >= 11 is 6.24.